The molecule has 22 heavy (non-hydrogen) atoms. The van der Waals surface area contributed by atoms with Gasteiger partial charge in [0.1, 0.15) is 12.0 Å². The van der Waals surface area contributed by atoms with E-state index in [1.807, 2.05) is 23.1 Å². The average Bonchev–Trinajstić information content (AvgIpc) is 3.14. The van der Waals surface area contributed by atoms with Gasteiger partial charge in [-0.2, -0.15) is 10.4 Å². The molecular formula is C15H15N7. The van der Waals surface area contributed by atoms with Crippen LogP contribution in [0.4, 0.5) is 0 Å². The lowest BCUT2D eigenvalue weighted by atomic mass is 9.71. The van der Waals surface area contributed by atoms with Crippen molar-refractivity contribution in [2.75, 3.05) is 0 Å². The highest BCUT2D eigenvalue weighted by molar-refractivity contribution is 5.89. The second-order valence-electron chi connectivity index (χ2n) is 5.86. The van der Waals surface area contributed by atoms with Gasteiger partial charge in [-0.05, 0) is 18.9 Å². The molecule has 0 unspecified atom stereocenters. The topological polar surface area (TPSA) is 109 Å². The predicted molar refractivity (Wildman–Crippen MR) is 80.5 cm³/mol. The standard InChI is InChI=1S/C15H15N7/c16-3-2-15(5-11(17)6-15)22-8-10(7-21-22)13-12-1-4-18-14(12)20-9-19-13/h1,4,7-9,11H,2,5-6,17H2,(H,18,19,20). The Balaban J connectivity index is 1.76. The maximum Gasteiger partial charge on any atom is 0.141 e. The van der Waals surface area contributed by atoms with Crippen molar-refractivity contribution in [1.82, 2.24) is 24.7 Å². The molecule has 0 aliphatic heterocycles. The first-order valence-corrected chi connectivity index (χ1v) is 7.18. The molecule has 1 aliphatic carbocycles. The number of hydrogen-bond acceptors (Lipinski definition) is 5. The molecule has 4 rings (SSSR count). The number of aromatic amines is 1. The van der Waals surface area contributed by atoms with Crippen molar-refractivity contribution in [3.63, 3.8) is 0 Å². The largest absolute Gasteiger partial charge is 0.346 e. The molecule has 3 heterocycles. The average molecular weight is 293 g/mol. The summed E-state index contributed by atoms with van der Waals surface area (Å²) in [5.41, 5.74) is 8.22. The number of nitrogens with zero attached hydrogens (tertiary/aromatic N) is 5. The van der Waals surface area contributed by atoms with Gasteiger partial charge in [-0.15, -0.1) is 0 Å². The van der Waals surface area contributed by atoms with Crippen molar-refractivity contribution in [3.05, 3.63) is 31.0 Å². The number of aromatic nitrogens is 5. The third-order valence-electron chi connectivity index (χ3n) is 4.39. The number of rotatable bonds is 3. The molecular weight excluding hydrogens is 278 g/mol. The van der Waals surface area contributed by atoms with Gasteiger partial charge in [0.15, 0.2) is 0 Å². The summed E-state index contributed by atoms with van der Waals surface area (Å²) in [6.45, 7) is 0. The van der Waals surface area contributed by atoms with Gasteiger partial charge in [0.05, 0.1) is 29.9 Å². The molecule has 1 aliphatic rings. The zero-order chi connectivity index (χ0) is 15.2. The Bertz CT molecular complexity index is 863. The quantitative estimate of drug-likeness (QED) is 0.761. The molecule has 0 atom stereocenters. The van der Waals surface area contributed by atoms with Crippen LogP contribution >= 0.6 is 0 Å². The van der Waals surface area contributed by atoms with Crippen molar-refractivity contribution in [2.24, 2.45) is 5.73 Å². The molecule has 3 N–H and O–H groups in total. The van der Waals surface area contributed by atoms with E-state index < -0.39 is 0 Å². The van der Waals surface area contributed by atoms with E-state index in [0.717, 1.165) is 35.1 Å². The van der Waals surface area contributed by atoms with Crippen LogP contribution in [0.5, 0.6) is 0 Å². The minimum Gasteiger partial charge on any atom is -0.346 e. The van der Waals surface area contributed by atoms with Gasteiger partial charge in [0, 0.05) is 29.4 Å². The first-order chi connectivity index (χ1) is 10.7. The van der Waals surface area contributed by atoms with Crippen molar-refractivity contribution < 1.29 is 0 Å². The summed E-state index contributed by atoms with van der Waals surface area (Å²) < 4.78 is 1.88. The highest BCUT2D eigenvalue weighted by atomic mass is 15.3. The van der Waals surface area contributed by atoms with Gasteiger partial charge in [0.25, 0.3) is 0 Å². The molecule has 0 spiro atoms. The molecule has 1 saturated carbocycles. The van der Waals surface area contributed by atoms with Crippen LogP contribution in [-0.2, 0) is 5.54 Å². The molecule has 0 aromatic carbocycles. The zero-order valence-electron chi connectivity index (χ0n) is 11.9. The van der Waals surface area contributed by atoms with Crippen LogP contribution in [0.15, 0.2) is 31.0 Å². The van der Waals surface area contributed by atoms with Crippen LogP contribution in [0.1, 0.15) is 19.3 Å². The second-order valence-corrected chi connectivity index (χ2v) is 5.86. The summed E-state index contributed by atoms with van der Waals surface area (Å²) in [7, 11) is 0. The Labute approximate surface area is 126 Å². The summed E-state index contributed by atoms with van der Waals surface area (Å²) in [6.07, 6.45) is 9.11. The molecule has 7 nitrogen and oxygen atoms in total. The van der Waals surface area contributed by atoms with E-state index in [4.69, 9.17) is 11.0 Å². The van der Waals surface area contributed by atoms with Crippen molar-refractivity contribution in [2.45, 2.75) is 30.8 Å². The monoisotopic (exact) mass is 293 g/mol. The number of nitriles is 1. The van der Waals surface area contributed by atoms with Crippen molar-refractivity contribution in [1.29, 1.82) is 5.26 Å². The maximum atomic E-state index is 9.10. The van der Waals surface area contributed by atoms with Crippen LogP contribution in [0.3, 0.4) is 0 Å². The summed E-state index contributed by atoms with van der Waals surface area (Å²) in [5.74, 6) is 0. The zero-order valence-corrected chi connectivity index (χ0v) is 11.9. The number of H-pyrrole nitrogens is 1. The molecule has 0 radical (unpaired) electrons. The minimum absolute atomic E-state index is 0.149. The van der Waals surface area contributed by atoms with E-state index in [0.29, 0.717) is 6.42 Å². The van der Waals surface area contributed by atoms with Crippen LogP contribution in [-0.4, -0.2) is 30.8 Å². The lowest BCUT2D eigenvalue weighted by molar-refractivity contribution is 0.103. The molecule has 0 bridgehead atoms. The molecule has 0 saturated heterocycles. The molecule has 3 aromatic heterocycles. The fourth-order valence-corrected chi connectivity index (χ4v) is 3.28. The number of fused-ring (bicyclic) bond motifs is 1. The van der Waals surface area contributed by atoms with Crippen molar-refractivity contribution in [3.8, 4) is 17.3 Å². The SMILES string of the molecule is N#CCC1(n2cc(-c3ncnc4[nH]ccc34)cn2)CC(N)C1. The fourth-order valence-electron chi connectivity index (χ4n) is 3.28. The maximum absolute atomic E-state index is 9.10. The van der Waals surface area contributed by atoms with Crippen LogP contribution in [0.2, 0.25) is 0 Å². The van der Waals surface area contributed by atoms with Gasteiger partial charge < -0.3 is 10.7 Å². The summed E-state index contributed by atoms with van der Waals surface area (Å²) in [4.78, 5) is 11.6. The van der Waals surface area contributed by atoms with E-state index >= 15 is 0 Å². The fraction of sp³-hybridized carbons (Fsp3) is 0.333. The summed E-state index contributed by atoms with van der Waals surface area (Å²) in [5, 5.41) is 14.5. The first kappa shape index (κ1) is 13.0. The third-order valence-corrected chi connectivity index (χ3v) is 4.39. The lowest BCUT2D eigenvalue weighted by Crippen LogP contribution is -2.53. The van der Waals surface area contributed by atoms with Gasteiger partial charge in [-0.3, -0.25) is 4.68 Å². The number of nitrogens with two attached hydrogens (primary N) is 1. The Kier molecular flexibility index (Phi) is 2.74. The van der Waals surface area contributed by atoms with Gasteiger partial charge in [0.2, 0.25) is 0 Å². The summed E-state index contributed by atoms with van der Waals surface area (Å²) in [6, 6.07) is 4.36. The predicted octanol–water partition coefficient (Wildman–Crippen LogP) is 1.55. The first-order valence-electron chi connectivity index (χ1n) is 7.18. The Morgan fingerprint density at radius 2 is 2.32 bits per heavy atom. The van der Waals surface area contributed by atoms with Crippen molar-refractivity contribution >= 4 is 11.0 Å². The van der Waals surface area contributed by atoms with Crippen LogP contribution < -0.4 is 5.73 Å². The van der Waals surface area contributed by atoms with E-state index in [1.165, 1.54) is 6.33 Å². The molecule has 0 amide bonds. The second kappa shape index (κ2) is 4.64. The molecule has 7 heteroatoms. The smallest absolute Gasteiger partial charge is 0.141 e. The van der Waals surface area contributed by atoms with E-state index in [1.54, 1.807) is 6.20 Å². The molecule has 3 aromatic rings. The van der Waals surface area contributed by atoms with E-state index in [-0.39, 0.29) is 11.6 Å². The third kappa shape index (κ3) is 1.81. The number of nitrogens with one attached hydrogen (secondary N) is 1. The molecule has 1 fully saturated rings. The lowest BCUT2D eigenvalue weighted by Gasteiger charge is -2.44. The van der Waals surface area contributed by atoms with Gasteiger partial charge >= 0.3 is 0 Å². The molecule has 110 valence electrons. The Morgan fingerprint density at radius 1 is 1.45 bits per heavy atom. The van der Waals surface area contributed by atoms with Crippen LogP contribution in [0.25, 0.3) is 22.3 Å². The van der Waals surface area contributed by atoms with Gasteiger partial charge in [-0.1, -0.05) is 0 Å². The van der Waals surface area contributed by atoms with E-state index in [2.05, 4.69) is 26.1 Å². The number of hydrogen-bond donors (Lipinski definition) is 2. The van der Waals surface area contributed by atoms with Gasteiger partial charge in [-0.25, -0.2) is 9.97 Å². The Hall–Kier alpha value is -2.72. The summed E-state index contributed by atoms with van der Waals surface area (Å²) >= 11 is 0. The Morgan fingerprint density at radius 3 is 3.09 bits per heavy atom. The van der Waals surface area contributed by atoms with E-state index in [9.17, 15) is 0 Å². The normalized spacial score (nSPS) is 24.1. The minimum atomic E-state index is -0.267. The highest BCUT2D eigenvalue weighted by Gasteiger charge is 2.45. The van der Waals surface area contributed by atoms with Crippen LogP contribution in [0, 0.1) is 11.3 Å². The highest BCUT2D eigenvalue weighted by Crippen LogP contribution is 2.41.